The first-order valence-corrected chi connectivity index (χ1v) is 7.60. The number of carboxylic acids is 1. The highest BCUT2D eigenvalue weighted by Crippen LogP contribution is 2.11. The quantitative estimate of drug-likeness (QED) is 0.719. The molecule has 1 aliphatic rings. The molecule has 8 nitrogen and oxygen atoms in total. The van der Waals surface area contributed by atoms with E-state index in [0.29, 0.717) is 18.9 Å². The van der Waals surface area contributed by atoms with E-state index in [9.17, 15) is 14.4 Å². The van der Waals surface area contributed by atoms with Crippen molar-refractivity contribution >= 4 is 17.8 Å². The number of hydrogen-bond donors (Lipinski definition) is 2. The van der Waals surface area contributed by atoms with Gasteiger partial charge in [0.25, 0.3) is 5.91 Å². The zero-order chi connectivity index (χ0) is 17.4. The number of morpholine rings is 1. The number of rotatable bonds is 7. The van der Waals surface area contributed by atoms with Crippen molar-refractivity contribution in [3.8, 4) is 5.75 Å². The second-order valence-electron chi connectivity index (χ2n) is 5.29. The summed E-state index contributed by atoms with van der Waals surface area (Å²) >= 11 is 0. The molecule has 1 atom stereocenters. The topological polar surface area (TPSA) is 105 Å². The molecule has 1 heterocycles. The molecular formula is C16H20N2O6. The number of ether oxygens (including phenoxy) is 2. The molecule has 2 amide bonds. The number of hydrogen-bond acceptors (Lipinski definition) is 5. The van der Waals surface area contributed by atoms with E-state index in [4.69, 9.17) is 14.6 Å². The molecule has 0 aromatic heterocycles. The lowest BCUT2D eigenvalue weighted by Gasteiger charge is -2.34. The molecule has 1 fully saturated rings. The highest BCUT2D eigenvalue weighted by atomic mass is 16.5. The van der Waals surface area contributed by atoms with Crippen LogP contribution >= 0.6 is 0 Å². The van der Waals surface area contributed by atoms with Gasteiger partial charge in [0.15, 0.2) is 6.61 Å². The molecule has 0 spiro atoms. The van der Waals surface area contributed by atoms with Crippen LogP contribution in [-0.2, 0) is 19.1 Å². The molecule has 1 aromatic rings. The number of amides is 2. The van der Waals surface area contributed by atoms with E-state index in [1.165, 1.54) is 4.90 Å². The van der Waals surface area contributed by atoms with Gasteiger partial charge in [-0.1, -0.05) is 18.2 Å². The molecule has 2 rings (SSSR count). The van der Waals surface area contributed by atoms with Crippen molar-refractivity contribution in [2.45, 2.75) is 12.5 Å². The molecule has 0 saturated carbocycles. The monoisotopic (exact) mass is 336 g/mol. The molecule has 0 bridgehead atoms. The average molecular weight is 336 g/mol. The summed E-state index contributed by atoms with van der Waals surface area (Å²) < 4.78 is 10.5. The van der Waals surface area contributed by atoms with Crippen LogP contribution in [-0.4, -0.2) is 66.7 Å². The van der Waals surface area contributed by atoms with Crippen LogP contribution in [0.5, 0.6) is 5.75 Å². The largest absolute Gasteiger partial charge is 0.484 e. The van der Waals surface area contributed by atoms with Gasteiger partial charge < -0.3 is 24.8 Å². The van der Waals surface area contributed by atoms with E-state index in [1.807, 2.05) is 6.07 Å². The number of carbonyl (C=O) groups excluding carboxylic acids is 2. The van der Waals surface area contributed by atoms with Crippen LogP contribution in [0.4, 0.5) is 0 Å². The fourth-order valence-electron chi connectivity index (χ4n) is 2.35. The summed E-state index contributed by atoms with van der Waals surface area (Å²) in [7, 11) is 0. The maximum absolute atomic E-state index is 12.2. The minimum Gasteiger partial charge on any atom is -0.484 e. The van der Waals surface area contributed by atoms with Crippen molar-refractivity contribution in [1.82, 2.24) is 10.2 Å². The summed E-state index contributed by atoms with van der Waals surface area (Å²) in [6, 6.07) is 8.35. The van der Waals surface area contributed by atoms with Crippen LogP contribution < -0.4 is 10.1 Å². The minimum atomic E-state index is -0.997. The van der Waals surface area contributed by atoms with Crippen LogP contribution in [0.15, 0.2) is 30.3 Å². The molecule has 1 saturated heterocycles. The molecule has 1 aromatic carbocycles. The lowest BCUT2D eigenvalue weighted by Crippen LogP contribution is -2.52. The summed E-state index contributed by atoms with van der Waals surface area (Å²) in [5.74, 6) is -1.19. The lowest BCUT2D eigenvalue weighted by atomic mass is 10.1. The summed E-state index contributed by atoms with van der Waals surface area (Å²) in [6.07, 6.45) is -0.184. The van der Waals surface area contributed by atoms with E-state index >= 15 is 0 Å². The SMILES string of the molecule is O=C(O)CC1COCCN1C(=O)CNC(=O)COc1ccccc1. The standard InChI is InChI=1S/C16H20N2O6/c19-14(11-24-13-4-2-1-3-5-13)17-9-15(20)18-6-7-23-10-12(18)8-16(21)22/h1-5,12H,6-11H2,(H,17,19)(H,21,22). The van der Waals surface area contributed by atoms with Crippen LogP contribution in [0.2, 0.25) is 0 Å². The first-order chi connectivity index (χ1) is 11.6. The normalized spacial score (nSPS) is 17.2. The fourth-order valence-corrected chi connectivity index (χ4v) is 2.35. The van der Waals surface area contributed by atoms with Gasteiger partial charge in [0.05, 0.1) is 32.2 Å². The maximum atomic E-state index is 12.2. The van der Waals surface area contributed by atoms with Crippen molar-refractivity contribution in [3.63, 3.8) is 0 Å². The van der Waals surface area contributed by atoms with Crippen LogP contribution in [0, 0.1) is 0 Å². The third-order valence-electron chi connectivity index (χ3n) is 3.51. The fraction of sp³-hybridized carbons (Fsp3) is 0.438. The van der Waals surface area contributed by atoms with E-state index in [-0.39, 0.29) is 32.1 Å². The smallest absolute Gasteiger partial charge is 0.305 e. The number of aliphatic carboxylic acids is 1. The maximum Gasteiger partial charge on any atom is 0.305 e. The highest BCUT2D eigenvalue weighted by Gasteiger charge is 2.29. The zero-order valence-corrected chi connectivity index (χ0v) is 13.1. The molecule has 0 radical (unpaired) electrons. The van der Waals surface area contributed by atoms with Crippen molar-refractivity contribution in [2.75, 3.05) is 32.9 Å². The van der Waals surface area contributed by atoms with Crippen molar-refractivity contribution in [1.29, 1.82) is 0 Å². The average Bonchev–Trinajstić information content (AvgIpc) is 2.58. The van der Waals surface area contributed by atoms with Gasteiger partial charge in [-0.2, -0.15) is 0 Å². The summed E-state index contributed by atoms with van der Waals surface area (Å²) in [4.78, 5) is 36.2. The van der Waals surface area contributed by atoms with Crippen molar-refractivity contribution < 1.29 is 29.0 Å². The Morgan fingerprint density at radius 3 is 2.75 bits per heavy atom. The predicted octanol–water partition coefficient (Wildman–Crippen LogP) is -0.116. The Kier molecular flexibility index (Phi) is 6.56. The van der Waals surface area contributed by atoms with E-state index < -0.39 is 17.9 Å². The van der Waals surface area contributed by atoms with Gasteiger partial charge in [0.2, 0.25) is 5.91 Å². The molecule has 24 heavy (non-hydrogen) atoms. The first kappa shape index (κ1) is 17.7. The van der Waals surface area contributed by atoms with Crippen LogP contribution in [0.25, 0.3) is 0 Å². The third-order valence-corrected chi connectivity index (χ3v) is 3.51. The molecule has 8 heteroatoms. The first-order valence-electron chi connectivity index (χ1n) is 7.60. The molecule has 2 N–H and O–H groups in total. The highest BCUT2D eigenvalue weighted by molar-refractivity contribution is 5.86. The third kappa shape index (κ3) is 5.54. The van der Waals surface area contributed by atoms with E-state index in [1.54, 1.807) is 24.3 Å². The molecule has 0 aliphatic carbocycles. The zero-order valence-electron chi connectivity index (χ0n) is 13.1. The molecular weight excluding hydrogens is 316 g/mol. The van der Waals surface area contributed by atoms with Gasteiger partial charge in [-0.15, -0.1) is 0 Å². The number of carboxylic acid groups (broad SMARTS) is 1. The van der Waals surface area contributed by atoms with E-state index in [2.05, 4.69) is 5.32 Å². The summed E-state index contributed by atoms with van der Waals surface area (Å²) in [6.45, 7) is 0.454. The molecule has 1 unspecified atom stereocenters. The van der Waals surface area contributed by atoms with Crippen molar-refractivity contribution in [2.24, 2.45) is 0 Å². The minimum absolute atomic E-state index is 0.184. The Bertz CT molecular complexity index is 577. The second-order valence-corrected chi connectivity index (χ2v) is 5.29. The number of nitrogens with zero attached hydrogens (tertiary/aromatic N) is 1. The number of carbonyl (C=O) groups is 3. The Hall–Kier alpha value is -2.61. The number of benzene rings is 1. The van der Waals surface area contributed by atoms with Crippen LogP contribution in [0.3, 0.4) is 0 Å². The van der Waals surface area contributed by atoms with Gasteiger partial charge in [-0.3, -0.25) is 14.4 Å². The number of nitrogens with one attached hydrogen (secondary N) is 1. The number of para-hydroxylation sites is 1. The Morgan fingerprint density at radius 2 is 2.04 bits per heavy atom. The van der Waals surface area contributed by atoms with E-state index in [0.717, 1.165) is 0 Å². The molecule has 1 aliphatic heterocycles. The van der Waals surface area contributed by atoms with Gasteiger partial charge in [-0.05, 0) is 12.1 Å². The molecule has 130 valence electrons. The Morgan fingerprint density at radius 1 is 1.29 bits per heavy atom. The van der Waals surface area contributed by atoms with Gasteiger partial charge >= 0.3 is 5.97 Å². The van der Waals surface area contributed by atoms with Crippen molar-refractivity contribution in [3.05, 3.63) is 30.3 Å². The Balaban J connectivity index is 1.76. The summed E-state index contributed by atoms with van der Waals surface area (Å²) in [5.41, 5.74) is 0. The Labute approximate surface area is 139 Å². The van der Waals surface area contributed by atoms with Gasteiger partial charge in [0, 0.05) is 6.54 Å². The predicted molar refractivity (Wildman–Crippen MR) is 83.5 cm³/mol. The second kappa shape index (κ2) is 8.88. The van der Waals surface area contributed by atoms with Crippen LogP contribution in [0.1, 0.15) is 6.42 Å². The summed E-state index contributed by atoms with van der Waals surface area (Å²) in [5, 5.41) is 11.4. The lowest BCUT2D eigenvalue weighted by molar-refractivity contribution is -0.146. The van der Waals surface area contributed by atoms with Gasteiger partial charge in [0.1, 0.15) is 5.75 Å². The van der Waals surface area contributed by atoms with Gasteiger partial charge in [-0.25, -0.2) is 0 Å².